The molecule has 0 unspecified atom stereocenters. The number of aromatic nitrogens is 6. The highest BCUT2D eigenvalue weighted by Crippen LogP contribution is 2.34. The monoisotopic (exact) mass is 413 g/mol. The minimum atomic E-state index is -0.397. The van der Waals surface area contributed by atoms with E-state index in [0.29, 0.717) is 22.6 Å². The van der Waals surface area contributed by atoms with E-state index in [-0.39, 0.29) is 12.5 Å². The highest BCUT2D eigenvalue weighted by Gasteiger charge is 2.22. The fourth-order valence-corrected chi connectivity index (χ4v) is 3.73. The first-order valence-electron chi connectivity index (χ1n) is 9.70. The average Bonchev–Trinajstić information content (AvgIpc) is 3.36. The zero-order valence-electron chi connectivity index (χ0n) is 17.0. The molecule has 0 aliphatic rings. The molecule has 0 aliphatic carbocycles. The van der Waals surface area contributed by atoms with Gasteiger partial charge >= 0.3 is 5.69 Å². The third kappa shape index (κ3) is 3.25. The minimum Gasteiger partial charge on any atom is -0.369 e. The maximum absolute atomic E-state index is 13.1. The molecule has 154 valence electrons. The fraction of sp³-hybridized carbons (Fsp3) is 0.136. The summed E-state index contributed by atoms with van der Waals surface area (Å²) < 4.78 is 7.51. The van der Waals surface area contributed by atoms with Crippen LogP contribution in [0.5, 0.6) is 0 Å². The topological polar surface area (TPSA) is 117 Å². The van der Waals surface area contributed by atoms with Gasteiger partial charge < -0.3 is 10.3 Å². The number of pyridine rings is 1. The highest BCUT2D eigenvalue weighted by atomic mass is 16.5. The number of anilines is 1. The van der Waals surface area contributed by atoms with Crippen LogP contribution in [0, 0.1) is 13.8 Å². The number of fused-ring (bicyclic) bond motifs is 1. The third-order valence-electron chi connectivity index (χ3n) is 4.98. The molecule has 0 spiro atoms. The van der Waals surface area contributed by atoms with Gasteiger partial charge in [-0.2, -0.15) is 0 Å². The van der Waals surface area contributed by atoms with Crippen LogP contribution in [-0.4, -0.2) is 29.3 Å². The largest absolute Gasteiger partial charge is 0.369 e. The Morgan fingerprint density at radius 1 is 1.00 bits per heavy atom. The summed E-state index contributed by atoms with van der Waals surface area (Å²) in [5.74, 6) is 0.0662. The molecule has 9 heteroatoms. The summed E-state index contributed by atoms with van der Waals surface area (Å²) in [4.78, 5) is 22.2. The molecular weight excluding hydrogens is 394 g/mol. The molecule has 4 aromatic heterocycles. The Bertz CT molecular complexity index is 1430. The number of nitrogens with zero attached hydrogens (tertiary/aromatic N) is 6. The van der Waals surface area contributed by atoms with Crippen LogP contribution in [0.3, 0.4) is 0 Å². The maximum atomic E-state index is 13.1. The van der Waals surface area contributed by atoms with Crippen molar-refractivity contribution in [2.75, 3.05) is 5.73 Å². The molecule has 5 rings (SSSR count). The van der Waals surface area contributed by atoms with Gasteiger partial charge in [0.1, 0.15) is 12.0 Å². The van der Waals surface area contributed by atoms with Gasteiger partial charge in [0.05, 0.1) is 17.8 Å². The average molecular weight is 413 g/mol. The molecule has 1 aromatic carbocycles. The summed E-state index contributed by atoms with van der Waals surface area (Å²) in [5, 5.41) is 8.49. The third-order valence-corrected chi connectivity index (χ3v) is 4.98. The second-order valence-electron chi connectivity index (χ2n) is 7.29. The summed E-state index contributed by atoms with van der Waals surface area (Å²) in [6, 6.07) is 15.3. The first-order valence-corrected chi connectivity index (χ1v) is 9.70. The number of hydrogen-bond acceptors (Lipinski definition) is 7. The van der Waals surface area contributed by atoms with Gasteiger partial charge in [-0.15, -0.1) is 5.10 Å². The van der Waals surface area contributed by atoms with E-state index < -0.39 is 5.69 Å². The molecule has 5 aromatic rings. The van der Waals surface area contributed by atoms with Crippen LogP contribution in [0.25, 0.3) is 28.0 Å². The van der Waals surface area contributed by atoms with E-state index in [4.69, 9.17) is 10.3 Å². The number of aryl methyl sites for hydroxylation is 2. The zero-order valence-corrected chi connectivity index (χ0v) is 17.0. The van der Waals surface area contributed by atoms with Crippen molar-refractivity contribution in [2.24, 2.45) is 0 Å². The molecule has 0 amide bonds. The Kier molecular flexibility index (Phi) is 4.36. The number of hydrogen-bond donors (Lipinski definition) is 1. The normalized spacial score (nSPS) is 11.3. The lowest BCUT2D eigenvalue weighted by Gasteiger charge is -2.13. The summed E-state index contributed by atoms with van der Waals surface area (Å²) in [6.45, 7) is 4.01. The highest BCUT2D eigenvalue weighted by molar-refractivity contribution is 5.90. The second kappa shape index (κ2) is 7.21. The van der Waals surface area contributed by atoms with Crippen molar-refractivity contribution < 1.29 is 4.52 Å². The first kappa shape index (κ1) is 18.7. The van der Waals surface area contributed by atoms with E-state index in [0.717, 1.165) is 22.5 Å². The number of nitrogen functional groups attached to an aromatic ring is 1. The molecule has 9 nitrogen and oxygen atoms in total. The predicted molar refractivity (Wildman–Crippen MR) is 115 cm³/mol. The van der Waals surface area contributed by atoms with Crippen molar-refractivity contribution in [3.63, 3.8) is 0 Å². The van der Waals surface area contributed by atoms with Crippen LogP contribution >= 0.6 is 0 Å². The molecule has 0 atom stereocenters. The van der Waals surface area contributed by atoms with Gasteiger partial charge in [0.25, 0.3) is 0 Å². The smallest absolute Gasteiger partial charge is 0.353 e. The van der Waals surface area contributed by atoms with Crippen molar-refractivity contribution in [3.8, 4) is 22.4 Å². The number of benzene rings is 1. The lowest BCUT2D eigenvalue weighted by Crippen LogP contribution is -2.23. The van der Waals surface area contributed by atoms with E-state index in [1.807, 2.05) is 56.3 Å². The Labute approximate surface area is 176 Å². The molecule has 31 heavy (non-hydrogen) atoms. The molecular formula is C22H19N7O2. The fourth-order valence-electron chi connectivity index (χ4n) is 3.73. The summed E-state index contributed by atoms with van der Waals surface area (Å²) in [6.07, 6.45) is 1.45. The molecule has 0 fully saturated rings. The van der Waals surface area contributed by atoms with Gasteiger partial charge in [-0.3, -0.25) is 4.98 Å². The van der Waals surface area contributed by atoms with E-state index in [1.54, 1.807) is 6.07 Å². The molecule has 2 N–H and O–H groups in total. The quantitative estimate of drug-likeness (QED) is 0.481. The van der Waals surface area contributed by atoms with Crippen molar-refractivity contribution in [3.05, 3.63) is 82.4 Å². The van der Waals surface area contributed by atoms with Gasteiger partial charge in [-0.05, 0) is 31.5 Å². The second-order valence-corrected chi connectivity index (χ2v) is 7.29. The lowest BCUT2D eigenvalue weighted by atomic mass is 9.99. The Hall–Kier alpha value is -4.27. The van der Waals surface area contributed by atoms with Crippen LogP contribution < -0.4 is 11.4 Å². The minimum absolute atomic E-state index is 0.0662. The van der Waals surface area contributed by atoms with Crippen molar-refractivity contribution >= 4 is 11.6 Å². The summed E-state index contributed by atoms with van der Waals surface area (Å²) in [5.41, 5.74) is 11.6. The van der Waals surface area contributed by atoms with E-state index in [9.17, 15) is 4.79 Å². The van der Waals surface area contributed by atoms with Gasteiger partial charge in [-0.25, -0.2) is 18.9 Å². The van der Waals surface area contributed by atoms with Crippen molar-refractivity contribution in [1.29, 1.82) is 0 Å². The van der Waals surface area contributed by atoms with Gasteiger partial charge in [0.2, 0.25) is 5.95 Å². The van der Waals surface area contributed by atoms with E-state index >= 15 is 0 Å². The van der Waals surface area contributed by atoms with Crippen LogP contribution in [0.4, 0.5) is 5.95 Å². The first-order chi connectivity index (χ1) is 15.0. The van der Waals surface area contributed by atoms with Crippen molar-refractivity contribution in [2.45, 2.75) is 20.4 Å². The number of rotatable bonds is 4. The van der Waals surface area contributed by atoms with E-state index in [1.165, 1.54) is 15.3 Å². The Morgan fingerprint density at radius 2 is 1.74 bits per heavy atom. The molecule has 0 aliphatic heterocycles. The summed E-state index contributed by atoms with van der Waals surface area (Å²) >= 11 is 0. The molecule has 0 radical (unpaired) electrons. The summed E-state index contributed by atoms with van der Waals surface area (Å²) in [7, 11) is 0. The standard InChI is InChI=1S/C22H19N7O2/c1-13-10-16(11-14(2)24-13)18-19(15-6-4-3-5-7-15)25-21(23)29-20(18)26-28(22(29)30)12-17-8-9-31-27-17/h3-11H,12H2,1-2H3,(H2,23,25). The SMILES string of the molecule is Cc1cc(-c2c(-c3ccccc3)nc(N)n3c(=O)n(Cc4ccon4)nc23)cc(C)n1. The van der Waals surface area contributed by atoms with Gasteiger partial charge in [0, 0.05) is 23.0 Å². The van der Waals surface area contributed by atoms with Crippen LogP contribution in [0.1, 0.15) is 17.1 Å². The predicted octanol–water partition coefficient (Wildman–Crippen LogP) is 2.86. The Morgan fingerprint density at radius 3 is 2.42 bits per heavy atom. The molecule has 0 bridgehead atoms. The molecule has 4 heterocycles. The van der Waals surface area contributed by atoms with Gasteiger partial charge in [0.15, 0.2) is 5.65 Å². The van der Waals surface area contributed by atoms with Crippen LogP contribution in [0.15, 0.2) is 64.1 Å². The van der Waals surface area contributed by atoms with Crippen LogP contribution in [-0.2, 0) is 6.54 Å². The van der Waals surface area contributed by atoms with Crippen LogP contribution in [0.2, 0.25) is 0 Å². The molecule has 0 saturated carbocycles. The number of nitrogens with two attached hydrogens (primary N) is 1. The maximum Gasteiger partial charge on any atom is 0.353 e. The zero-order chi connectivity index (χ0) is 21.5. The molecule has 0 saturated heterocycles. The van der Waals surface area contributed by atoms with Gasteiger partial charge in [-0.1, -0.05) is 35.5 Å². The Balaban J connectivity index is 1.85. The lowest BCUT2D eigenvalue weighted by molar-refractivity contribution is 0.407. The van der Waals surface area contributed by atoms with E-state index in [2.05, 4.69) is 20.2 Å². The van der Waals surface area contributed by atoms with Crippen molar-refractivity contribution in [1.82, 2.24) is 29.3 Å².